The van der Waals surface area contributed by atoms with Crippen molar-refractivity contribution in [2.24, 2.45) is 0 Å². The van der Waals surface area contributed by atoms with Crippen molar-refractivity contribution < 1.29 is 0 Å². The van der Waals surface area contributed by atoms with Gasteiger partial charge in [0.1, 0.15) is 0 Å². The molecule has 0 saturated carbocycles. The van der Waals surface area contributed by atoms with Crippen LogP contribution in [-0.2, 0) is 6.42 Å². The lowest BCUT2D eigenvalue weighted by atomic mass is 9.97. The van der Waals surface area contributed by atoms with E-state index in [1.807, 2.05) is 0 Å². The lowest BCUT2D eigenvalue weighted by molar-refractivity contribution is 0.529. The number of fused-ring (bicyclic) bond motifs is 3. The molecule has 0 atom stereocenters. The SMILES string of the molecule is CCCCCCCCCCCCCCCCCCc1ccc2cc3cc4cc(Br)ccc4cc3cc2c1. The largest absolute Gasteiger partial charge is 0.0654 e. The van der Waals surface area contributed by atoms with Crippen molar-refractivity contribution in [2.45, 2.75) is 116 Å². The first-order valence-corrected chi connectivity index (χ1v) is 16.1. The zero-order valence-corrected chi connectivity index (χ0v) is 24.8. The zero-order valence-electron chi connectivity index (χ0n) is 23.2. The second-order valence-electron chi connectivity index (χ2n) is 11.3. The number of aryl methyl sites for hydroxylation is 1. The second kappa shape index (κ2) is 15.5. The van der Waals surface area contributed by atoms with Gasteiger partial charge in [0.15, 0.2) is 0 Å². The van der Waals surface area contributed by atoms with Gasteiger partial charge in [0.05, 0.1) is 0 Å². The minimum atomic E-state index is 1.14. The predicted octanol–water partition coefficient (Wildman–Crippen LogP) is 12.7. The van der Waals surface area contributed by atoms with Crippen LogP contribution >= 0.6 is 15.9 Å². The van der Waals surface area contributed by atoms with E-state index in [1.54, 1.807) is 0 Å². The molecule has 0 aromatic heterocycles. The molecule has 4 aromatic carbocycles. The Morgan fingerprint density at radius 1 is 0.405 bits per heavy atom. The highest BCUT2D eigenvalue weighted by Crippen LogP contribution is 2.29. The normalized spacial score (nSPS) is 11.7. The summed E-state index contributed by atoms with van der Waals surface area (Å²) in [5, 5.41) is 7.97. The molecular weight excluding hydrogens is 512 g/mol. The molecular formula is C36H47Br. The topological polar surface area (TPSA) is 0 Å². The van der Waals surface area contributed by atoms with Gasteiger partial charge in [-0.05, 0) is 87.1 Å². The van der Waals surface area contributed by atoms with Crippen LogP contribution in [0.5, 0.6) is 0 Å². The summed E-state index contributed by atoms with van der Waals surface area (Å²) in [6, 6.07) is 23.0. The van der Waals surface area contributed by atoms with E-state index in [0.29, 0.717) is 0 Å². The summed E-state index contributed by atoms with van der Waals surface area (Å²) in [6.07, 6.45) is 24.1. The third kappa shape index (κ3) is 9.13. The average molecular weight is 560 g/mol. The van der Waals surface area contributed by atoms with Crippen LogP contribution in [0.15, 0.2) is 65.1 Å². The van der Waals surface area contributed by atoms with Gasteiger partial charge in [0.25, 0.3) is 0 Å². The Balaban J connectivity index is 1.11. The van der Waals surface area contributed by atoms with Crippen molar-refractivity contribution in [1.82, 2.24) is 0 Å². The Morgan fingerprint density at radius 2 is 0.811 bits per heavy atom. The molecule has 1 heteroatoms. The maximum Gasteiger partial charge on any atom is 0.0181 e. The molecule has 0 spiro atoms. The summed E-state index contributed by atoms with van der Waals surface area (Å²) in [6.45, 7) is 2.30. The highest BCUT2D eigenvalue weighted by molar-refractivity contribution is 9.10. The van der Waals surface area contributed by atoms with Crippen molar-refractivity contribution in [3.05, 3.63) is 70.7 Å². The van der Waals surface area contributed by atoms with E-state index >= 15 is 0 Å². The highest BCUT2D eigenvalue weighted by Gasteiger charge is 2.04. The lowest BCUT2D eigenvalue weighted by Gasteiger charge is -2.08. The van der Waals surface area contributed by atoms with Crippen molar-refractivity contribution in [3.8, 4) is 0 Å². The van der Waals surface area contributed by atoms with Crippen molar-refractivity contribution in [2.75, 3.05) is 0 Å². The number of halogens is 1. The maximum atomic E-state index is 3.60. The third-order valence-corrected chi connectivity index (χ3v) is 8.59. The quantitative estimate of drug-likeness (QED) is 0.0891. The highest BCUT2D eigenvalue weighted by atomic mass is 79.9. The summed E-state index contributed by atoms with van der Waals surface area (Å²) in [5.41, 5.74) is 1.49. The van der Waals surface area contributed by atoms with Crippen LogP contribution in [0.2, 0.25) is 0 Å². The smallest absolute Gasteiger partial charge is 0.0181 e. The maximum absolute atomic E-state index is 3.60. The minimum absolute atomic E-state index is 1.14. The zero-order chi connectivity index (χ0) is 25.7. The Hall–Kier alpha value is -1.86. The lowest BCUT2D eigenvalue weighted by Crippen LogP contribution is -1.88. The van der Waals surface area contributed by atoms with Crippen LogP contribution in [0, 0.1) is 0 Å². The summed E-state index contributed by atoms with van der Waals surface area (Å²) >= 11 is 3.60. The molecule has 0 bridgehead atoms. The third-order valence-electron chi connectivity index (χ3n) is 8.10. The number of unbranched alkanes of at least 4 members (excludes halogenated alkanes) is 15. The fraction of sp³-hybridized carbons (Fsp3) is 0.500. The van der Waals surface area contributed by atoms with Crippen LogP contribution in [0.1, 0.15) is 115 Å². The van der Waals surface area contributed by atoms with E-state index in [-0.39, 0.29) is 0 Å². The molecule has 0 amide bonds. The molecule has 0 aliphatic rings. The van der Waals surface area contributed by atoms with Crippen LogP contribution in [0.4, 0.5) is 0 Å². The van der Waals surface area contributed by atoms with Gasteiger partial charge in [-0.1, -0.05) is 143 Å². The molecule has 0 aliphatic carbocycles. The Morgan fingerprint density at radius 3 is 1.35 bits per heavy atom. The second-order valence-corrected chi connectivity index (χ2v) is 12.2. The first kappa shape index (κ1) is 28.2. The molecule has 4 rings (SSSR count). The van der Waals surface area contributed by atoms with Gasteiger partial charge in [-0.15, -0.1) is 0 Å². The summed E-state index contributed by atoms with van der Waals surface area (Å²) in [7, 11) is 0. The fourth-order valence-corrected chi connectivity index (χ4v) is 6.18. The van der Waals surface area contributed by atoms with Crippen LogP contribution in [-0.4, -0.2) is 0 Å². The van der Waals surface area contributed by atoms with Crippen LogP contribution in [0.25, 0.3) is 32.3 Å². The van der Waals surface area contributed by atoms with Crippen LogP contribution in [0.3, 0.4) is 0 Å². The van der Waals surface area contributed by atoms with E-state index < -0.39 is 0 Å². The first-order chi connectivity index (χ1) is 18.2. The molecule has 0 aliphatic heterocycles. The van der Waals surface area contributed by atoms with Gasteiger partial charge in [-0.3, -0.25) is 0 Å². The predicted molar refractivity (Wildman–Crippen MR) is 170 cm³/mol. The van der Waals surface area contributed by atoms with E-state index in [1.165, 1.54) is 147 Å². The van der Waals surface area contributed by atoms with E-state index in [2.05, 4.69) is 83.5 Å². The van der Waals surface area contributed by atoms with E-state index in [0.717, 1.165) is 4.47 Å². The van der Waals surface area contributed by atoms with E-state index in [4.69, 9.17) is 0 Å². The molecule has 198 valence electrons. The number of hydrogen-bond donors (Lipinski definition) is 0. The van der Waals surface area contributed by atoms with Gasteiger partial charge >= 0.3 is 0 Å². The molecule has 4 aromatic rings. The van der Waals surface area contributed by atoms with Crippen molar-refractivity contribution in [1.29, 1.82) is 0 Å². The molecule has 0 radical (unpaired) electrons. The minimum Gasteiger partial charge on any atom is -0.0654 e. The van der Waals surface area contributed by atoms with Gasteiger partial charge in [0, 0.05) is 4.47 Å². The fourth-order valence-electron chi connectivity index (χ4n) is 5.80. The Labute approximate surface area is 234 Å². The molecule has 0 saturated heterocycles. The summed E-state index contributed by atoms with van der Waals surface area (Å²) < 4.78 is 1.14. The molecule has 0 fully saturated rings. The van der Waals surface area contributed by atoms with Crippen molar-refractivity contribution >= 4 is 48.2 Å². The summed E-state index contributed by atoms with van der Waals surface area (Å²) in [5.74, 6) is 0. The summed E-state index contributed by atoms with van der Waals surface area (Å²) in [4.78, 5) is 0. The van der Waals surface area contributed by atoms with E-state index in [9.17, 15) is 0 Å². The molecule has 0 heterocycles. The van der Waals surface area contributed by atoms with Crippen molar-refractivity contribution in [3.63, 3.8) is 0 Å². The van der Waals surface area contributed by atoms with Gasteiger partial charge in [-0.25, -0.2) is 0 Å². The standard InChI is InChI=1S/C36H47Br/c1-2-3-4-5-6-7-8-9-10-11-12-13-14-15-16-17-18-29-19-20-30-24-34-27-35-28-36(37)22-21-31(35)25-33(34)26-32(30)23-29/h19-28H,2-18H2,1H3. The number of hydrogen-bond acceptors (Lipinski definition) is 0. The molecule has 0 unspecified atom stereocenters. The monoisotopic (exact) mass is 558 g/mol. The molecule has 0 N–H and O–H groups in total. The van der Waals surface area contributed by atoms with Gasteiger partial charge in [0.2, 0.25) is 0 Å². The number of benzene rings is 4. The van der Waals surface area contributed by atoms with Gasteiger partial charge < -0.3 is 0 Å². The number of rotatable bonds is 17. The van der Waals surface area contributed by atoms with Crippen LogP contribution < -0.4 is 0 Å². The molecule has 37 heavy (non-hydrogen) atoms. The Kier molecular flexibility index (Phi) is 11.8. The van der Waals surface area contributed by atoms with Gasteiger partial charge in [-0.2, -0.15) is 0 Å². The molecule has 0 nitrogen and oxygen atoms in total. The average Bonchev–Trinajstić information content (AvgIpc) is 2.90. The first-order valence-electron chi connectivity index (χ1n) is 15.3. The Bertz CT molecular complexity index is 1240.